The lowest BCUT2D eigenvalue weighted by Crippen LogP contribution is -2.17. The summed E-state index contributed by atoms with van der Waals surface area (Å²) in [5.41, 5.74) is 3.91. The molecule has 0 saturated carbocycles. The Morgan fingerprint density at radius 1 is 1.14 bits per heavy atom. The number of rotatable bonds is 4. The first-order valence-corrected chi connectivity index (χ1v) is 7.29. The Hall–Kier alpha value is -2.54. The number of aromatic nitrogens is 1. The minimum Gasteiger partial charge on any atom is -0.381 e. The maximum atomic E-state index is 8.84. The molecule has 4 nitrogen and oxygen atoms in total. The summed E-state index contributed by atoms with van der Waals surface area (Å²) >= 11 is 0. The minimum atomic E-state index is 0.457. The summed E-state index contributed by atoms with van der Waals surface area (Å²) in [6.07, 6.45) is 4.26. The molecule has 0 radical (unpaired) electrons. The molecular weight excluding hydrogens is 260 g/mol. The van der Waals surface area contributed by atoms with Gasteiger partial charge < -0.3 is 10.2 Å². The number of pyridine rings is 1. The highest BCUT2D eigenvalue weighted by Gasteiger charge is 2.11. The van der Waals surface area contributed by atoms with Gasteiger partial charge in [-0.3, -0.25) is 0 Å². The molecule has 106 valence electrons. The quantitative estimate of drug-likeness (QED) is 0.933. The van der Waals surface area contributed by atoms with E-state index in [1.54, 1.807) is 6.20 Å². The van der Waals surface area contributed by atoms with Crippen molar-refractivity contribution in [2.24, 2.45) is 0 Å². The predicted molar refractivity (Wildman–Crippen MR) is 84.2 cm³/mol. The Labute approximate surface area is 125 Å². The topological polar surface area (TPSA) is 52.0 Å². The van der Waals surface area contributed by atoms with Crippen LogP contribution in [0.2, 0.25) is 0 Å². The first-order chi connectivity index (χ1) is 10.3. The van der Waals surface area contributed by atoms with Gasteiger partial charge in [-0.05, 0) is 54.8 Å². The molecular formula is C17H18N4. The van der Waals surface area contributed by atoms with Crippen LogP contribution < -0.4 is 10.2 Å². The molecule has 1 aliphatic heterocycles. The molecule has 1 fully saturated rings. The molecule has 0 atom stereocenters. The average molecular weight is 278 g/mol. The number of hydrogen-bond donors (Lipinski definition) is 1. The van der Waals surface area contributed by atoms with Gasteiger partial charge in [0, 0.05) is 37.2 Å². The molecule has 0 unspecified atom stereocenters. The Bertz CT molecular complexity index is 637. The molecule has 4 heteroatoms. The molecule has 0 aliphatic carbocycles. The summed E-state index contributed by atoms with van der Waals surface area (Å²) in [6.45, 7) is 3.03. The lowest BCUT2D eigenvalue weighted by atomic mass is 10.2. The summed E-state index contributed by atoms with van der Waals surface area (Å²) < 4.78 is 0. The van der Waals surface area contributed by atoms with Gasteiger partial charge in [0.2, 0.25) is 0 Å². The van der Waals surface area contributed by atoms with Crippen LogP contribution in [0.15, 0.2) is 42.6 Å². The van der Waals surface area contributed by atoms with Crippen molar-refractivity contribution in [3.63, 3.8) is 0 Å². The Balaban J connectivity index is 1.61. The third-order valence-electron chi connectivity index (χ3n) is 3.77. The molecule has 0 bridgehead atoms. The predicted octanol–water partition coefficient (Wildman–Crippen LogP) is 3.17. The van der Waals surface area contributed by atoms with Crippen LogP contribution in [0.25, 0.3) is 0 Å². The molecule has 0 spiro atoms. The first kappa shape index (κ1) is 13.4. The van der Waals surface area contributed by atoms with E-state index < -0.39 is 0 Å². The van der Waals surface area contributed by atoms with Gasteiger partial charge in [0.25, 0.3) is 0 Å². The zero-order valence-corrected chi connectivity index (χ0v) is 11.9. The van der Waals surface area contributed by atoms with Gasteiger partial charge in [-0.1, -0.05) is 0 Å². The largest absolute Gasteiger partial charge is 0.381 e. The lowest BCUT2D eigenvalue weighted by molar-refractivity contribution is 0.949. The van der Waals surface area contributed by atoms with E-state index in [1.807, 2.05) is 12.1 Å². The third-order valence-corrected chi connectivity index (χ3v) is 3.77. The number of nitrogens with one attached hydrogen (secondary N) is 1. The van der Waals surface area contributed by atoms with E-state index in [0.29, 0.717) is 12.2 Å². The fraction of sp³-hybridized carbons (Fsp3) is 0.294. The molecule has 1 aromatic carbocycles. The highest BCUT2D eigenvalue weighted by atomic mass is 15.1. The van der Waals surface area contributed by atoms with Crippen LogP contribution in [0.4, 0.5) is 11.4 Å². The molecule has 1 N–H and O–H groups in total. The highest BCUT2D eigenvalue weighted by Crippen LogP contribution is 2.22. The van der Waals surface area contributed by atoms with Crippen LogP contribution in [0.5, 0.6) is 0 Å². The van der Waals surface area contributed by atoms with E-state index >= 15 is 0 Å². The Morgan fingerprint density at radius 3 is 2.62 bits per heavy atom. The van der Waals surface area contributed by atoms with E-state index in [0.717, 1.165) is 11.3 Å². The monoisotopic (exact) mass is 278 g/mol. The van der Waals surface area contributed by atoms with Crippen LogP contribution >= 0.6 is 0 Å². The molecule has 2 aromatic rings. The minimum absolute atomic E-state index is 0.457. The standard InChI is InChI=1S/C17H18N4/c18-12-16-11-14(7-8-19-16)13-20-15-3-5-17(6-4-15)21-9-1-2-10-21/h3-8,11,20H,1-2,9-10,13H2. The highest BCUT2D eigenvalue weighted by molar-refractivity contribution is 5.55. The summed E-state index contributed by atoms with van der Waals surface area (Å²) in [6, 6.07) is 14.4. The summed E-state index contributed by atoms with van der Waals surface area (Å²) in [5, 5.41) is 12.2. The zero-order chi connectivity index (χ0) is 14.5. The van der Waals surface area contributed by atoms with Gasteiger partial charge in [0.05, 0.1) is 0 Å². The lowest BCUT2D eigenvalue weighted by Gasteiger charge is -2.18. The molecule has 2 heterocycles. The fourth-order valence-corrected chi connectivity index (χ4v) is 2.61. The number of nitrogens with zero attached hydrogens (tertiary/aromatic N) is 3. The van der Waals surface area contributed by atoms with Crippen molar-refractivity contribution >= 4 is 11.4 Å². The smallest absolute Gasteiger partial charge is 0.140 e. The van der Waals surface area contributed by atoms with Gasteiger partial charge >= 0.3 is 0 Å². The summed E-state index contributed by atoms with van der Waals surface area (Å²) in [5.74, 6) is 0. The molecule has 0 amide bonds. The summed E-state index contributed by atoms with van der Waals surface area (Å²) in [7, 11) is 0. The maximum Gasteiger partial charge on any atom is 0.140 e. The second-order valence-electron chi connectivity index (χ2n) is 5.26. The fourth-order valence-electron chi connectivity index (χ4n) is 2.61. The molecule has 3 rings (SSSR count). The number of nitriles is 1. The van der Waals surface area contributed by atoms with E-state index in [-0.39, 0.29) is 0 Å². The third kappa shape index (κ3) is 3.32. The Kier molecular flexibility index (Phi) is 4.02. The van der Waals surface area contributed by atoms with Gasteiger partial charge in [0.1, 0.15) is 11.8 Å². The van der Waals surface area contributed by atoms with Crippen molar-refractivity contribution in [1.29, 1.82) is 5.26 Å². The van der Waals surface area contributed by atoms with Crippen LogP contribution in [0, 0.1) is 11.3 Å². The van der Waals surface area contributed by atoms with Crippen molar-refractivity contribution in [2.45, 2.75) is 19.4 Å². The van der Waals surface area contributed by atoms with Gasteiger partial charge in [0.15, 0.2) is 0 Å². The van der Waals surface area contributed by atoms with Crippen molar-refractivity contribution in [3.05, 3.63) is 53.9 Å². The second-order valence-corrected chi connectivity index (χ2v) is 5.26. The first-order valence-electron chi connectivity index (χ1n) is 7.29. The van der Waals surface area contributed by atoms with E-state index in [4.69, 9.17) is 5.26 Å². The number of anilines is 2. The zero-order valence-electron chi connectivity index (χ0n) is 11.9. The maximum absolute atomic E-state index is 8.84. The van der Waals surface area contributed by atoms with Crippen molar-refractivity contribution in [2.75, 3.05) is 23.3 Å². The van der Waals surface area contributed by atoms with Crippen LogP contribution in [-0.4, -0.2) is 18.1 Å². The number of benzene rings is 1. The van der Waals surface area contributed by atoms with Crippen LogP contribution in [0.3, 0.4) is 0 Å². The van der Waals surface area contributed by atoms with Crippen molar-refractivity contribution < 1.29 is 0 Å². The van der Waals surface area contributed by atoms with E-state index in [2.05, 4.69) is 45.5 Å². The SMILES string of the molecule is N#Cc1cc(CNc2ccc(N3CCCC3)cc2)ccn1. The van der Waals surface area contributed by atoms with Gasteiger partial charge in [-0.2, -0.15) is 5.26 Å². The second kappa shape index (κ2) is 6.27. The van der Waals surface area contributed by atoms with Crippen molar-refractivity contribution in [1.82, 2.24) is 4.98 Å². The van der Waals surface area contributed by atoms with Gasteiger partial charge in [-0.25, -0.2) is 4.98 Å². The molecule has 1 saturated heterocycles. The van der Waals surface area contributed by atoms with Crippen LogP contribution in [-0.2, 0) is 6.54 Å². The Morgan fingerprint density at radius 2 is 1.90 bits per heavy atom. The van der Waals surface area contributed by atoms with E-state index in [9.17, 15) is 0 Å². The summed E-state index contributed by atoms with van der Waals surface area (Å²) in [4.78, 5) is 6.40. The number of hydrogen-bond acceptors (Lipinski definition) is 4. The molecule has 1 aliphatic rings. The van der Waals surface area contributed by atoms with Gasteiger partial charge in [-0.15, -0.1) is 0 Å². The van der Waals surface area contributed by atoms with E-state index in [1.165, 1.54) is 31.6 Å². The molecule has 1 aromatic heterocycles. The average Bonchev–Trinajstić information content (AvgIpc) is 3.08. The molecule has 21 heavy (non-hydrogen) atoms. The van der Waals surface area contributed by atoms with Crippen LogP contribution in [0.1, 0.15) is 24.1 Å². The normalized spacial score (nSPS) is 14.0. The van der Waals surface area contributed by atoms with Crippen molar-refractivity contribution in [3.8, 4) is 6.07 Å².